The molecule has 1 N–H and O–H groups in total. The maximum Gasteiger partial charge on any atom is 0.242 e. The van der Waals surface area contributed by atoms with Crippen molar-refractivity contribution in [3.63, 3.8) is 0 Å². The van der Waals surface area contributed by atoms with E-state index in [2.05, 4.69) is 5.32 Å². The van der Waals surface area contributed by atoms with Crippen molar-refractivity contribution in [2.75, 3.05) is 0 Å². The molecule has 1 heterocycles. The minimum absolute atomic E-state index is 0.0323. The summed E-state index contributed by atoms with van der Waals surface area (Å²) in [5.74, 6) is -0.160. The van der Waals surface area contributed by atoms with Crippen molar-refractivity contribution in [1.82, 2.24) is 9.88 Å². The van der Waals surface area contributed by atoms with E-state index in [1.165, 1.54) is 0 Å². The lowest BCUT2D eigenvalue weighted by Crippen LogP contribution is -2.37. The predicted molar refractivity (Wildman–Crippen MR) is 77.1 cm³/mol. The number of halogens is 1. The Morgan fingerprint density at radius 2 is 1.84 bits per heavy atom. The van der Waals surface area contributed by atoms with E-state index in [1.807, 2.05) is 66.3 Å². The van der Waals surface area contributed by atoms with E-state index in [9.17, 15) is 4.79 Å². The first-order valence-corrected chi connectivity index (χ1v) is 6.70. The lowest BCUT2D eigenvalue weighted by Gasteiger charge is -2.17. The Morgan fingerprint density at radius 3 is 2.47 bits per heavy atom. The van der Waals surface area contributed by atoms with Gasteiger partial charge in [-0.05, 0) is 24.6 Å². The highest BCUT2D eigenvalue weighted by Crippen LogP contribution is 2.20. The fourth-order valence-electron chi connectivity index (χ4n) is 1.94. The molecule has 2 unspecified atom stereocenters. The molecule has 0 bridgehead atoms. The molecule has 4 heteroatoms. The minimum atomic E-state index is -0.645. The standard InChI is InChI=1S/C15H17ClN2O/c1-12(11-18-9-5-6-10-18)17-15(19)14(16)13-7-3-2-4-8-13/h2-10,12,14H,11H2,1H3,(H,17,19). The molecule has 0 aliphatic heterocycles. The smallest absolute Gasteiger partial charge is 0.242 e. The number of rotatable bonds is 5. The Morgan fingerprint density at radius 1 is 1.21 bits per heavy atom. The average molecular weight is 277 g/mol. The summed E-state index contributed by atoms with van der Waals surface area (Å²) in [7, 11) is 0. The van der Waals surface area contributed by atoms with Gasteiger partial charge in [0.2, 0.25) is 5.91 Å². The molecule has 0 spiro atoms. The van der Waals surface area contributed by atoms with E-state index in [0.29, 0.717) is 0 Å². The van der Waals surface area contributed by atoms with Crippen LogP contribution >= 0.6 is 11.6 Å². The van der Waals surface area contributed by atoms with Crippen molar-refractivity contribution in [3.8, 4) is 0 Å². The molecule has 1 aromatic carbocycles. The fraction of sp³-hybridized carbons (Fsp3) is 0.267. The van der Waals surface area contributed by atoms with Gasteiger partial charge in [-0.1, -0.05) is 30.3 Å². The van der Waals surface area contributed by atoms with E-state index in [1.54, 1.807) is 0 Å². The second-order valence-electron chi connectivity index (χ2n) is 4.56. The van der Waals surface area contributed by atoms with Gasteiger partial charge in [0.15, 0.2) is 0 Å². The zero-order chi connectivity index (χ0) is 13.7. The lowest BCUT2D eigenvalue weighted by atomic mass is 10.1. The first kappa shape index (κ1) is 13.7. The summed E-state index contributed by atoms with van der Waals surface area (Å²) < 4.78 is 2.02. The van der Waals surface area contributed by atoms with Gasteiger partial charge in [-0.15, -0.1) is 11.6 Å². The third kappa shape index (κ3) is 3.86. The van der Waals surface area contributed by atoms with Crippen LogP contribution in [0.3, 0.4) is 0 Å². The van der Waals surface area contributed by atoms with E-state index in [4.69, 9.17) is 11.6 Å². The molecule has 0 saturated carbocycles. The molecule has 0 aliphatic rings. The molecule has 1 aromatic heterocycles. The molecule has 2 atom stereocenters. The van der Waals surface area contributed by atoms with Crippen LogP contribution in [0, 0.1) is 0 Å². The SMILES string of the molecule is CC(Cn1cccc1)NC(=O)C(Cl)c1ccccc1. The monoisotopic (exact) mass is 276 g/mol. The minimum Gasteiger partial charge on any atom is -0.352 e. The van der Waals surface area contributed by atoms with Crippen LogP contribution in [0.2, 0.25) is 0 Å². The number of hydrogen-bond acceptors (Lipinski definition) is 1. The van der Waals surface area contributed by atoms with Crippen molar-refractivity contribution < 1.29 is 4.79 Å². The number of carbonyl (C=O) groups excluding carboxylic acids is 1. The topological polar surface area (TPSA) is 34.0 Å². The summed E-state index contributed by atoms with van der Waals surface area (Å²) in [6.07, 6.45) is 3.94. The van der Waals surface area contributed by atoms with Gasteiger partial charge in [-0.3, -0.25) is 4.79 Å². The Bertz CT molecular complexity index is 510. The molecule has 0 aliphatic carbocycles. The Labute approximate surface area is 118 Å². The second kappa shape index (κ2) is 6.43. The summed E-state index contributed by atoms with van der Waals surface area (Å²) in [5, 5.41) is 2.28. The fourth-order valence-corrected chi connectivity index (χ4v) is 2.15. The number of alkyl halides is 1. The van der Waals surface area contributed by atoms with Gasteiger partial charge in [0, 0.05) is 25.0 Å². The number of carbonyl (C=O) groups is 1. The summed E-state index contributed by atoms with van der Waals surface area (Å²) in [6.45, 7) is 2.70. The lowest BCUT2D eigenvalue weighted by molar-refractivity contribution is -0.121. The number of amides is 1. The van der Waals surface area contributed by atoms with E-state index in [-0.39, 0.29) is 11.9 Å². The van der Waals surface area contributed by atoms with Crippen LogP contribution in [0.4, 0.5) is 0 Å². The molecule has 2 rings (SSSR count). The first-order chi connectivity index (χ1) is 9.16. The molecule has 0 radical (unpaired) electrons. The van der Waals surface area contributed by atoms with Crippen molar-refractivity contribution in [1.29, 1.82) is 0 Å². The quantitative estimate of drug-likeness (QED) is 0.837. The highest BCUT2D eigenvalue weighted by Gasteiger charge is 2.18. The first-order valence-electron chi connectivity index (χ1n) is 6.27. The zero-order valence-electron chi connectivity index (χ0n) is 10.8. The molecule has 0 fully saturated rings. The third-order valence-corrected chi connectivity index (χ3v) is 3.31. The third-order valence-electron chi connectivity index (χ3n) is 2.86. The van der Waals surface area contributed by atoms with Gasteiger partial charge in [-0.25, -0.2) is 0 Å². The molecule has 19 heavy (non-hydrogen) atoms. The highest BCUT2D eigenvalue weighted by atomic mass is 35.5. The molecule has 2 aromatic rings. The summed E-state index contributed by atoms with van der Waals surface area (Å²) in [6, 6.07) is 13.3. The summed E-state index contributed by atoms with van der Waals surface area (Å²) in [5.41, 5.74) is 0.815. The molecule has 100 valence electrons. The van der Waals surface area contributed by atoms with E-state index in [0.717, 1.165) is 12.1 Å². The Hall–Kier alpha value is -1.74. The van der Waals surface area contributed by atoms with Gasteiger partial charge < -0.3 is 9.88 Å². The van der Waals surface area contributed by atoms with Gasteiger partial charge in [-0.2, -0.15) is 0 Å². The van der Waals surface area contributed by atoms with Crippen molar-refractivity contribution in [2.45, 2.75) is 24.9 Å². The van der Waals surface area contributed by atoms with Crippen LogP contribution in [-0.2, 0) is 11.3 Å². The van der Waals surface area contributed by atoms with E-state index < -0.39 is 5.38 Å². The van der Waals surface area contributed by atoms with Crippen LogP contribution in [0.15, 0.2) is 54.9 Å². The normalized spacial score (nSPS) is 13.8. The van der Waals surface area contributed by atoms with Crippen molar-refractivity contribution in [2.24, 2.45) is 0 Å². The molecular weight excluding hydrogens is 260 g/mol. The van der Waals surface area contributed by atoms with Gasteiger partial charge in [0.25, 0.3) is 0 Å². The Balaban J connectivity index is 1.90. The van der Waals surface area contributed by atoms with Crippen molar-refractivity contribution >= 4 is 17.5 Å². The summed E-state index contributed by atoms with van der Waals surface area (Å²) in [4.78, 5) is 12.0. The van der Waals surface area contributed by atoms with Gasteiger partial charge in [0.05, 0.1) is 0 Å². The molecular formula is C15H17ClN2O. The molecule has 0 saturated heterocycles. The number of benzene rings is 1. The van der Waals surface area contributed by atoms with E-state index >= 15 is 0 Å². The number of aromatic nitrogens is 1. The molecule has 3 nitrogen and oxygen atoms in total. The average Bonchev–Trinajstić information content (AvgIpc) is 2.91. The zero-order valence-corrected chi connectivity index (χ0v) is 11.5. The molecule has 1 amide bonds. The van der Waals surface area contributed by atoms with Crippen LogP contribution in [0.25, 0.3) is 0 Å². The number of nitrogens with zero attached hydrogens (tertiary/aromatic N) is 1. The number of nitrogens with one attached hydrogen (secondary N) is 1. The van der Waals surface area contributed by atoms with Crippen LogP contribution in [-0.4, -0.2) is 16.5 Å². The second-order valence-corrected chi connectivity index (χ2v) is 5.00. The van der Waals surface area contributed by atoms with Crippen LogP contribution in [0.1, 0.15) is 17.9 Å². The summed E-state index contributed by atoms with van der Waals surface area (Å²) >= 11 is 6.16. The highest BCUT2D eigenvalue weighted by molar-refractivity contribution is 6.30. The van der Waals surface area contributed by atoms with Crippen LogP contribution < -0.4 is 5.32 Å². The van der Waals surface area contributed by atoms with Crippen LogP contribution in [0.5, 0.6) is 0 Å². The maximum absolute atomic E-state index is 12.0. The predicted octanol–water partition coefficient (Wildman–Crippen LogP) is 2.97. The largest absolute Gasteiger partial charge is 0.352 e. The Kier molecular flexibility index (Phi) is 4.63. The van der Waals surface area contributed by atoms with Gasteiger partial charge in [0.1, 0.15) is 5.38 Å². The maximum atomic E-state index is 12.0. The van der Waals surface area contributed by atoms with Gasteiger partial charge >= 0.3 is 0 Å². The number of hydrogen-bond donors (Lipinski definition) is 1. The van der Waals surface area contributed by atoms with Crippen molar-refractivity contribution in [3.05, 3.63) is 60.4 Å².